The van der Waals surface area contributed by atoms with Gasteiger partial charge in [-0.15, -0.1) is 0 Å². The average molecular weight is 305 g/mol. The van der Waals surface area contributed by atoms with E-state index in [-0.39, 0.29) is 11.5 Å². The van der Waals surface area contributed by atoms with Crippen molar-refractivity contribution in [3.05, 3.63) is 0 Å². The predicted molar refractivity (Wildman–Crippen MR) is 87.0 cm³/mol. The van der Waals surface area contributed by atoms with Crippen molar-refractivity contribution in [1.29, 1.82) is 0 Å². The number of hydrogen-bond donors (Lipinski definition) is 2. The van der Waals surface area contributed by atoms with Crippen molar-refractivity contribution in [3.8, 4) is 0 Å². The monoisotopic (exact) mass is 305 g/mol. The van der Waals surface area contributed by atoms with Gasteiger partial charge in [0.25, 0.3) is 0 Å². The quantitative estimate of drug-likeness (QED) is 0.520. The van der Waals surface area contributed by atoms with Crippen LogP contribution in [-0.4, -0.2) is 22.1 Å². The molecule has 3 nitrogen and oxygen atoms in total. The fourth-order valence-corrected chi connectivity index (χ4v) is 7.12. The second kappa shape index (κ2) is 4.96. The maximum atomic E-state index is 10.5. The smallest absolute Gasteiger partial charge is 0.0596 e. The summed E-state index contributed by atoms with van der Waals surface area (Å²) in [4.78, 5) is 0. The minimum absolute atomic E-state index is 0.0662. The van der Waals surface area contributed by atoms with Gasteiger partial charge in [0.2, 0.25) is 0 Å². The Bertz CT molecular complexity index is 490. The maximum Gasteiger partial charge on any atom is 0.0596 e. The summed E-state index contributed by atoms with van der Waals surface area (Å²) in [5.41, 5.74) is 1.65. The van der Waals surface area contributed by atoms with Crippen molar-refractivity contribution in [2.24, 2.45) is 39.7 Å². The Balaban J connectivity index is 1.62. The van der Waals surface area contributed by atoms with Gasteiger partial charge in [-0.05, 0) is 92.3 Å². The van der Waals surface area contributed by atoms with Crippen LogP contribution in [0.25, 0.3) is 0 Å². The van der Waals surface area contributed by atoms with Crippen LogP contribution in [0.4, 0.5) is 0 Å². The van der Waals surface area contributed by atoms with Crippen LogP contribution in [0.3, 0.4) is 0 Å². The first kappa shape index (κ1) is 15.0. The molecule has 0 aliphatic heterocycles. The average Bonchev–Trinajstić information content (AvgIpc) is 2.82. The molecular formula is C19H31NO2. The van der Waals surface area contributed by atoms with E-state index in [1.54, 1.807) is 0 Å². The van der Waals surface area contributed by atoms with E-state index < -0.39 is 0 Å². The molecule has 3 heteroatoms. The number of nitrogens with zero attached hydrogens (tertiary/aromatic N) is 1. The van der Waals surface area contributed by atoms with Gasteiger partial charge in [0.05, 0.1) is 11.8 Å². The summed E-state index contributed by atoms with van der Waals surface area (Å²) in [6.45, 7) is 4.88. The molecule has 0 radical (unpaired) electrons. The molecule has 0 spiro atoms. The third-order valence-corrected chi connectivity index (χ3v) is 8.59. The summed E-state index contributed by atoms with van der Waals surface area (Å²) in [6.07, 6.45) is 10.5. The molecule has 4 saturated carbocycles. The highest BCUT2D eigenvalue weighted by Gasteiger charge is 2.59. The van der Waals surface area contributed by atoms with Gasteiger partial charge >= 0.3 is 0 Å². The Morgan fingerprint density at radius 3 is 2.50 bits per heavy atom. The minimum Gasteiger partial charge on any atom is -0.411 e. The van der Waals surface area contributed by atoms with Gasteiger partial charge in [-0.2, -0.15) is 0 Å². The maximum absolute atomic E-state index is 10.5. The lowest BCUT2D eigenvalue weighted by atomic mass is 9.45. The number of hydrogen-bond acceptors (Lipinski definition) is 3. The van der Waals surface area contributed by atoms with Gasteiger partial charge in [-0.25, -0.2) is 0 Å². The fraction of sp³-hybridized carbons (Fsp3) is 0.947. The zero-order valence-electron chi connectivity index (χ0n) is 14.1. The van der Waals surface area contributed by atoms with Gasteiger partial charge < -0.3 is 10.3 Å². The first-order valence-electron chi connectivity index (χ1n) is 9.37. The van der Waals surface area contributed by atoms with E-state index in [1.807, 2.05) is 0 Å². The van der Waals surface area contributed by atoms with E-state index in [0.717, 1.165) is 42.7 Å². The molecule has 0 heterocycles. The Kier molecular flexibility index (Phi) is 3.38. The molecule has 0 aromatic heterocycles. The van der Waals surface area contributed by atoms with Crippen LogP contribution in [-0.2, 0) is 0 Å². The summed E-state index contributed by atoms with van der Waals surface area (Å²) in [7, 11) is 0. The SMILES string of the molecule is C[C@]12CC[C@H]3[C@H](CC[C@H]4C/C(=N/O)CC[C@@]43C)[C@H]1CC[C@@H]2O. The van der Waals surface area contributed by atoms with E-state index in [9.17, 15) is 5.11 Å². The molecule has 4 aliphatic rings. The van der Waals surface area contributed by atoms with Gasteiger partial charge in [-0.1, -0.05) is 19.0 Å². The number of fused-ring (bicyclic) bond motifs is 5. The van der Waals surface area contributed by atoms with Crippen LogP contribution in [0.5, 0.6) is 0 Å². The lowest BCUT2D eigenvalue weighted by molar-refractivity contribution is -0.112. The predicted octanol–water partition coefficient (Wildman–Crippen LogP) is 4.22. The molecule has 0 amide bonds. The van der Waals surface area contributed by atoms with Crippen molar-refractivity contribution in [1.82, 2.24) is 0 Å². The zero-order valence-corrected chi connectivity index (χ0v) is 14.1. The molecule has 124 valence electrons. The fourth-order valence-electron chi connectivity index (χ4n) is 7.12. The molecule has 0 unspecified atom stereocenters. The molecule has 4 fully saturated rings. The summed E-state index contributed by atoms with van der Waals surface area (Å²) in [5, 5.41) is 23.2. The van der Waals surface area contributed by atoms with Gasteiger partial charge in [0.1, 0.15) is 0 Å². The van der Waals surface area contributed by atoms with Crippen LogP contribution in [0, 0.1) is 34.5 Å². The molecule has 4 aliphatic carbocycles. The second-order valence-corrected chi connectivity index (χ2v) is 9.16. The zero-order chi connectivity index (χ0) is 15.5. The van der Waals surface area contributed by atoms with Crippen LogP contribution in [0.15, 0.2) is 5.16 Å². The van der Waals surface area contributed by atoms with Crippen molar-refractivity contribution < 1.29 is 10.3 Å². The van der Waals surface area contributed by atoms with E-state index in [0.29, 0.717) is 11.3 Å². The Labute approximate surface area is 134 Å². The molecule has 4 rings (SSSR count). The van der Waals surface area contributed by atoms with Crippen molar-refractivity contribution >= 4 is 5.71 Å². The van der Waals surface area contributed by atoms with Crippen LogP contribution in [0.1, 0.15) is 71.6 Å². The largest absolute Gasteiger partial charge is 0.411 e. The molecule has 0 bridgehead atoms. The lowest BCUT2D eigenvalue weighted by Gasteiger charge is -2.60. The summed E-state index contributed by atoms with van der Waals surface area (Å²) in [6, 6.07) is 0. The van der Waals surface area contributed by atoms with Crippen LogP contribution < -0.4 is 0 Å². The highest BCUT2D eigenvalue weighted by Crippen LogP contribution is 2.65. The Morgan fingerprint density at radius 1 is 0.955 bits per heavy atom. The van der Waals surface area contributed by atoms with Gasteiger partial charge in [-0.3, -0.25) is 0 Å². The summed E-state index contributed by atoms with van der Waals surface area (Å²) >= 11 is 0. The van der Waals surface area contributed by atoms with E-state index in [2.05, 4.69) is 19.0 Å². The number of rotatable bonds is 0. The molecule has 0 aromatic carbocycles. The van der Waals surface area contributed by atoms with Crippen LogP contribution in [0.2, 0.25) is 0 Å². The summed E-state index contributed by atoms with van der Waals surface area (Å²) in [5.74, 6) is 3.11. The number of oxime groups is 1. The molecular weight excluding hydrogens is 274 g/mol. The van der Waals surface area contributed by atoms with E-state index in [1.165, 1.54) is 38.5 Å². The van der Waals surface area contributed by atoms with Gasteiger partial charge in [0.15, 0.2) is 0 Å². The first-order valence-corrected chi connectivity index (χ1v) is 9.37. The van der Waals surface area contributed by atoms with Gasteiger partial charge in [0, 0.05) is 0 Å². The van der Waals surface area contributed by atoms with Crippen molar-refractivity contribution in [2.75, 3.05) is 0 Å². The third kappa shape index (κ3) is 1.87. The normalized spacial score (nSPS) is 56.3. The van der Waals surface area contributed by atoms with E-state index >= 15 is 0 Å². The molecule has 2 N–H and O–H groups in total. The lowest BCUT2D eigenvalue weighted by Crippen LogP contribution is -2.54. The highest BCUT2D eigenvalue weighted by molar-refractivity contribution is 5.85. The topological polar surface area (TPSA) is 52.8 Å². The second-order valence-electron chi connectivity index (χ2n) is 9.16. The Morgan fingerprint density at radius 2 is 1.73 bits per heavy atom. The van der Waals surface area contributed by atoms with Crippen LogP contribution >= 0.6 is 0 Å². The first-order chi connectivity index (χ1) is 10.5. The van der Waals surface area contributed by atoms with E-state index in [4.69, 9.17) is 5.21 Å². The molecule has 7 atom stereocenters. The number of aliphatic hydroxyl groups excluding tert-OH is 1. The molecule has 0 aromatic rings. The standard InChI is InChI=1S/C19H31NO2/c1-18-9-7-13(20-22)11-12(18)3-4-14-15-5-6-17(21)19(15,2)10-8-16(14)18/h12,14-17,21-22H,3-11H2,1-2H3/b20-13+/t12-,14+,15+,16-,17-,18-,19-/m0/s1. The summed E-state index contributed by atoms with van der Waals surface area (Å²) < 4.78 is 0. The molecule has 0 saturated heterocycles. The van der Waals surface area contributed by atoms with Crippen molar-refractivity contribution in [3.63, 3.8) is 0 Å². The number of aliphatic hydroxyl groups is 1. The van der Waals surface area contributed by atoms with Crippen molar-refractivity contribution in [2.45, 2.75) is 77.7 Å². The minimum atomic E-state index is -0.0662. The Hall–Kier alpha value is -0.570. The highest BCUT2D eigenvalue weighted by atomic mass is 16.4. The third-order valence-electron chi connectivity index (χ3n) is 8.59. The molecule has 22 heavy (non-hydrogen) atoms.